The minimum atomic E-state index is 0.828. The maximum Gasteiger partial charge on any atom is -0.00233 e. The molecular weight excluding hydrogens is 184 g/mol. The van der Waals surface area contributed by atoms with Crippen LogP contribution in [0, 0.1) is 5.92 Å². The highest BCUT2D eigenvalue weighted by Crippen LogP contribution is 2.04. The monoisotopic (exact) mass is 214 g/mol. The number of nitrogens with two attached hydrogens (primary N) is 1. The van der Waals surface area contributed by atoms with Crippen molar-refractivity contribution in [2.24, 2.45) is 11.7 Å². The molecule has 0 saturated carbocycles. The summed E-state index contributed by atoms with van der Waals surface area (Å²) >= 11 is 0. The standard InChI is InChI=1S/C13H30N2/c1-3-13(2)12-15-11-9-7-5-4-6-8-10-14/h13,15H,3-12,14H2,1-2H3. The third kappa shape index (κ3) is 11.8. The van der Waals surface area contributed by atoms with E-state index in [9.17, 15) is 0 Å². The molecule has 3 N–H and O–H groups in total. The van der Waals surface area contributed by atoms with Gasteiger partial charge in [-0.3, -0.25) is 0 Å². The maximum atomic E-state index is 5.44. The van der Waals surface area contributed by atoms with E-state index < -0.39 is 0 Å². The SMILES string of the molecule is CCC(C)CNCCCCCCCCN. The first-order valence-electron chi connectivity index (χ1n) is 6.72. The number of hydrogen-bond donors (Lipinski definition) is 2. The summed E-state index contributed by atoms with van der Waals surface area (Å²) in [6, 6.07) is 0. The van der Waals surface area contributed by atoms with Gasteiger partial charge in [-0.05, 0) is 38.4 Å². The van der Waals surface area contributed by atoms with Gasteiger partial charge in [0.1, 0.15) is 0 Å². The number of hydrogen-bond acceptors (Lipinski definition) is 2. The van der Waals surface area contributed by atoms with E-state index in [2.05, 4.69) is 19.2 Å². The summed E-state index contributed by atoms with van der Waals surface area (Å²) in [6.07, 6.45) is 9.25. The van der Waals surface area contributed by atoms with Gasteiger partial charge in [0.05, 0.1) is 0 Å². The lowest BCUT2D eigenvalue weighted by Gasteiger charge is -2.09. The summed E-state index contributed by atoms with van der Waals surface area (Å²) in [7, 11) is 0. The van der Waals surface area contributed by atoms with E-state index in [4.69, 9.17) is 5.73 Å². The highest BCUT2D eigenvalue weighted by Gasteiger charge is 1.96. The Hall–Kier alpha value is -0.0800. The molecule has 15 heavy (non-hydrogen) atoms. The van der Waals surface area contributed by atoms with Crippen LogP contribution < -0.4 is 11.1 Å². The molecule has 0 bridgehead atoms. The lowest BCUT2D eigenvalue weighted by molar-refractivity contribution is 0.486. The Morgan fingerprint density at radius 3 is 2.20 bits per heavy atom. The summed E-state index contributed by atoms with van der Waals surface area (Å²) in [5.74, 6) is 0.828. The quantitative estimate of drug-likeness (QED) is 0.519. The Morgan fingerprint density at radius 1 is 1.00 bits per heavy atom. The third-order valence-electron chi connectivity index (χ3n) is 3.00. The van der Waals surface area contributed by atoms with Gasteiger partial charge < -0.3 is 11.1 Å². The fourth-order valence-electron chi connectivity index (χ4n) is 1.59. The van der Waals surface area contributed by atoms with Crippen LogP contribution in [0.2, 0.25) is 0 Å². The van der Waals surface area contributed by atoms with Crippen LogP contribution in [0.25, 0.3) is 0 Å². The van der Waals surface area contributed by atoms with Crippen LogP contribution in [0.15, 0.2) is 0 Å². The highest BCUT2D eigenvalue weighted by atomic mass is 14.8. The van der Waals surface area contributed by atoms with Crippen molar-refractivity contribution in [2.75, 3.05) is 19.6 Å². The maximum absolute atomic E-state index is 5.44. The summed E-state index contributed by atoms with van der Waals surface area (Å²) < 4.78 is 0. The molecule has 0 fully saturated rings. The number of unbranched alkanes of at least 4 members (excludes halogenated alkanes) is 5. The van der Waals surface area contributed by atoms with E-state index in [0.29, 0.717) is 0 Å². The van der Waals surface area contributed by atoms with Gasteiger partial charge in [0.25, 0.3) is 0 Å². The van der Waals surface area contributed by atoms with Gasteiger partial charge in [-0.2, -0.15) is 0 Å². The molecule has 2 heteroatoms. The zero-order chi connectivity index (χ0) is 11.4. The van der Waals surface area contributed by atoms with Crippen LogP contribution in [0.1, 0.15) is 58.8 Å². The van der Waals surface area contributed by atoms with E-state index in [0.717, 1.165) is 12.5 Å². The number of rotatable bonds is 11. The molecule has 0 aliphatic heterocycles. The molecule has 0 aromatic heterocycles. The first-order valence-corrected chi connectivity index (χ1v) is 6.72. The molecule has 0 aromatic carbocycles. The first kappa shape index (κ1) is 14.9. The largest absolute Gasteiger partial charge is 0.330 e. The van der Waals surface area contributed by atoms with Gasteiger partial charge in [0, 0.05) is 0 Å². The lowest BCUT2D eigenvalue weighted by atomic mass is 10.1. The molecule has 1 unspecified atom stereocenters. The molecule has 0 heterocycles. The predicted octanol–water partition coefficient (Wildman–Crippen LogP) is 2.92. The fraction of sp³-hybridized carbons (Fsp3) is 1.00. The molecule has 0 aromatic rings. The topological polar surface area (TPSA) is 38.0 Å². The van der Waals surface area contributed by atoms with E-state index in [-0.39, 0.29) is 0 Å². The third-order valence-corrected chi connectivity index (χ3v) is 3.00. The summed E-state index contributed by atoms with van der Waals surface area (Å²) in [5, 5.41) is 3.52. The zero-order valence-electron chi connectivity index (χ0n) is 10.7. The Bertz CT molecular complexity index is 115. The normalized spacial score (nSPS) is 13.0. The predicted molar refractivity (Wildman–Crippen MR) is 69.1 cm³/mol. The van der Waals surface area contributed by atoms with Crippen molar-refractivity contribution >= 4 is 0 Å². The molecular formula is C13H30N2. The van der Waals surface area contributed by atoms with Crippen molar-refractivity contribution < 1.29 is 0 Å². The van der Waals surface area contributed by atoms with E-state index in [1.807, 2.05) is 0 Å². The van der Waals surface area contributed by atoms with Crippen LogP contribution >= 0.6 is 0 Å². The van der Waals surface area contributed by atoms with Gasteiger partial charge in [0.15, 0.2) is 0 Å². The summed E-state index contributed by atoms with van der Waals surface area (Å²) in [6.45, 7) is 7.80. The Morgan fingerprint density at radius 2 is 1.60 bits per heavy atom. The van der Waals surface area contributed by atoms with Crippen molar-refractivity contribution in [3.63, 3.8) is 0 Å². The van der Waals surface area contributed by atoms with Gasteiger partial charge in [-0.1, -0.05) is 46.0 Å². The minimum absolute atomic E-state index is 0.828. The molecule has 1 atom stereocenters. The smallest absolute Gasteiger partial charge is 0.00233 e. The zero-order valence-corrected chi connectivity index (χ0v) is 10.7. The van der Waals surface area contributed by atoms with Crippen LogP contribution in [-0.4, -0.2) is 19.6 Å². The van der Waals surface area contributed by atoms with Crippen LogP contribution in [0.3, 0.4) is 0 Å². The second-order valence-corrected chi connectivity index (χ2v) is 4.63. The second kappa shape index (κ2) is 12.0. The Kier molecular flexibility index (Phi) is 11.9. The minimum Gasteiger partial charge on any atom is -0.330 e. The van der Waals surface area contributed by atoms with Crippen molar-refractivity contribution in [3.8, 4) is 0 Å². The first-order chi connectivity index (χ1) is 7.31. The lowest BCUT2D eigenvalue weighted by Crippen LogP contribution is -2.21. The Labute approximate surface area is 96.0 Å². The molecule has 0 aliphatic rings. The number of nitrogens with one attached hydrogen (secondary N) is 1. The van der Waals surface area contributed by atoms with E-state index in [1.54, 1.807) is 0 Å². The van der Waals surface area contributed by atoms with Crippen molar-refractivity contribution in [1.82, 2.24) is 5.32 Å². The van der Waals surface area contributed by atoms with Gasteiger partial charge in [-0.25, -0.2) is 0 Å². The van der Waals surface area contributed by atoms with E-state index in [1.165, 1.54) is 58.0 Å². The van der Waals surface area contributed by atoms with Gasteiger partial charge >= 0.3 is 0 Å². The van der Waals surface area contributed by atoms with E-state index >= 15 is 0 Å². The molecule has 0 saturated heterocycles. The van der Waals surface area contributed by atoms with Crippen LogP contribution in [-0.2, 0) is 0 Å². The summed E-state index contributed by atoms with van der Waals surface area (Å²) in [4.78, 5) is 0. The molecule has 0 aliphatic carbocycles. The van der Waals surface area contributed by atoms with Crippen LogP contribution in [0.4, 0.5) is 0 Å². The molecule has 0 amide bonds. The molecule has 2 nitrogen and oxygen atoms in total. The van der Waals surface area contributed by atoms with Gasteiger partial charge in [0.2, 0.25) is 0 Å². The van der Waals surface area contributed by atoms with Gasteiger partial charge in [-0.15, -0.1) is 0 Å². The Balaban J connectivity index is 2.92. The van der Waals surface area contributed by atoms with Crippen molar-refractivity contribution in [3.05, 3.63) is 0 Å². The molecule has 92 valence electrons. The average molecular weight is 214 g/mol. The van der Waals surface area contributed by atoms with Crippen LogP contribution in [0.5, 0.6) is 0 Å². The second-order valence-electron chi connectivity index (χ2n) is 4.63. The molecule has 0 radical (unpaired) electrons. The molecule has 0 rings (SSSR count). The summed E-state index contributed by atoms with van der Waals surface area (Å²) in [5.41, 5.74) is 5.44. The average Bonchev–Trinajstić information content (AvgIpc) is 2.26. The fourth-order valence-corrected chi connectivity index (χ4v) is 1.59. The van der Waals surface area contributed by atoms with Crippen molar-refractivity contribution in [1.29, 1.82) is 0 Å². The molecule has 0 spiro atoms. The van der Waals surface area contributed by atoms with Crippen molar-refractivity contribution in [2.45, 2.75) is 58.8 Å². The highest BCUT2D eigenvalue weighted by molar-refractivity contribution is 4.55.